The molecule has 1 rings (SSSR count). The van der Waals surface area contributed by atoms with Crippen LogP contribution in [0.25, 0.3) is 0 Å². The summed E-state index contributed by atoms with van der Waals surface area (Å²) in [4.78, 5) is 0. The van der Waals surface area contributed by atoms with E-state index in [0.717, 1.165) is 29.6 Å². The van der Waals surface area contributed by atoms with Gasteiger partial charge < -0.3 is 0 Å². The van der Waals surface area contributed by atoms with Crippen molar-refractivity contribution in [1.29, 1.82) is 0 Å². The van der Waals surface area contributed by atoms with Gasteiger partial charge in [-0.1, -0.05) is 20.3 Å². The van der Waals surface area contributed by atoms with E-state index in [1.807, 2.05) is 11.6 Å². The third-order valence-corrected chi connectivity index (χ3v) is 4.44. The van der Waals surface area contributed by atoms with Crippen LogP contribution in [0.2, 0.25) is 0 Å². The van der Waals surface area contributed by atoms with Crippen LogP contribution in [0.3, 0.4) is 0 Å². The zero-order valence-corrected chi connectivity index (χ0v) is 12.7. The minimum absolute atomic E-state index is 0.290. The molecule has 0 spiro atoms. The van der Waals surface area contributed by atoms with Crippen molar-refractivity contribution in [3.8, 4) is 0 Å². The Morgan fingerprint density at radius 1 is 1.47 bits per heavy atom. The van der Waals surface area contributed by atoms with Gasteiger partial charge in [-0.3, -0.25) is 16.0 Å². The molecule has 1 aromatic heterocycles. The Bertz CT molecular complexity index is 362. The molecule has 0 aliphatic rings. The first-order valence-corrected chi connectivity index (χ1v) is 7.02. The summed E-state index contributed by atoms with van der Waals surface area (Å²) in [7, 11) is 0. The van der Waals surface area contributed by atoms with Crippen molar-refractivity contribution in [2.75, 3.05) is 0 Å². The lowest BCUT2D eigenvalue weighted by Crippen LogP contribution is -2.41. The van der Waals surface area contributed by atoms with Gasteiger partial charge in [-0.15, -0.1) is 0 Å². The number of aromatic nitrogens is 2. The second-order valence-corrected chi connectivity index (χ2v) is 5.32. The SMILES string of the molecule is CCC(C)C(Cc1c(Br)c(C)nn1CC)NN. The lowest BCUT2D eigenvalue weighted by Gasteiger charge is -2.22. The lowest BCUT2D eigenvalue weighted by molar-refractivity contribution is 0.362. The average molecular weight is 303 g/mol. The highest BCUT2D eigenvalue weighted by Gasteiger charge is 2.20. The summed E-state index contributed by atoms with van der Waals surface area (Å²) < 4.78 is 3.16. The quantitative estimate of drug-likeness (QED) is 0.627. The molecule has 0 amide bonds. The first-order chi connectivity index (χ1) is 8.04. The minimum Gasteiger partial charge on any atom is -0.271 e. The van der Waals surface area contributed by atoms with Crippen LogP contribution >= 0.6 is 15.9 Å². The number of rotatable bonds is 6. The third-order valence-electron chi connectivity index (χ3n) is 3.41. The van der Waals surface area contributed by atoms with E-state index in [0.29, 0.717) is 5.92 Å². The molecule has 2 unspecified atom stereocenters. The van der Waals surface area contributed by atoms with Crippen LogP contribution in [-0.4, -0.2) is 15.8 Å². The van der Waals surface area contributed by atoms with Crippen molar-refractivity contribution in [2.24, 2.45) is 11.8 Å². The van der Waals surface area contributed by atoms with Gasteiger partial charge in [0, 0.05) is 19.0 Å². The van der Waals surface area contributed by atoms with Crippen molar-refractivity contribution >= 4 is 15.9 Å². The van der Waals surface area contributed by atoms with Crippen LogP contribution < -0.4 is 11.3 Å². The number of hydrazine groups is 1. The van der Waals surface area contributed by atoms with E-state index in [1.54, 1.807) is 0 Å². The summed E-state index contributed by atoms with van der Waals surface area (Å²) in [6.45, 7) is 9.42. The molecule has 0 saturated carbocycles. The highest BCUT2D eigenvalue weighted by atomic mass is 79.9. The molecule has 5 heteroatoms. The van der Waals surface area contributed by atoms with Gasteiger partial charge >= 0.3 is 0 Å². The van der Waals surface area contributed by atoms with Crippen LogP contribution in [-0.2, 0) is 13.0 Å². The number of hydrogen-bond donors (Lipinski definition) is 2. The maximum atomic E-state index is 5.65. The summed E-state index contributed by atoms with van der Waals surface area (Å²) in [5.74, 6) is 6.20. The maximum Gasteiger partial charge on any atom is 0.0738 e. The van der Waals surface area contributed by atoms with Crippen LogP contribution in [0.15, 0.2) is 4.47 Å². The van der Waals surface area contributed by atoms with Gasteiger partial charge in [0.05, 0.1) is 15.9 Å². The molecule has 0 saturated heterocycles. The standard InChI is InChI=1S/C12H23BrN4/c1-5-8(3)10(15-14)7-11-12(13)9(4)16-17(11)6-2/h8,10,15H,5-7,14H2,1-4H3. The van der Waals surface area contributed by atoms with Gasteiger partial charge in [0.15, 0.2) is 0 Å². The number of halogens is 1. The van der Waals surface area contributed by atoms with Crippen molar-refractivity contribution in [1.82, 2.24) is 15.2 Å². The largest absolute Gasteiger partial charge is 0.271 e. The van der Waals surface area contributed by atoms with Crippen molar-refractivity contribution in [3.63, 3.8) is 0 Å². The number of nitrogens with one attached hydrogen (secondary N) is 1. The molecule has 0 aromatic carbocycles. The zero-order chi connectivity index (χ0) is 13.0. The van der Waals surface area contributed by atoms with Gasteiger partial charge in [0.25, 0.3) is 0 Å². The van der Waals surface area contributed by atoms with E-state index in [-0.39, 0.29) is 6.04 Å². The molecule has 0 radical (unpaired) electrons. The predicted octanol–water partition coefficient (Wildman–Crippen LogP) is 2.39. The van der Waals surface area contributed by atoms with Crippen LogP contribution in [0.1, 0.15) is 38.6 Å². The highest BCUT2D eigenvalue weighted by molar-refractivity contribution is 9.10. The Balaban J connectivity index is 2.92. The molecule has 2 atom stereocenters. The zero-order valence-electron chi connectivity index (χ0n) is 11.1. The predicted molar refractivity (Wildman–Crippen MR) is 74.6 cm³/mol. The van der Waals surface area contributed by atoms with Gasteiger partial charge in [-0.25, -0.2) is 0 Å². The van der Waals surface area contributed by atoms with Crippen molar-refractivity contribution < 1.29 is 0 Å². The molecule has 17 heavy (non-hydrogen) atoms. The molecule has 0 aliphatic heterocycles. The Morgan fingerprint density at radius 3 is 2.59 bits per heavy atom. The molecule has 1 heterocycles. The molecule has 1 aromatic rings. The van der Waals surface area contributed by atoms with E-state index in [4.69, 9.17) is 5.84 Å². The van der Waals surface area contributed by atoms with Crippen LogP contribution in [0.4, 0.5) is 0 Å². The van der Waals surface area contributed by atoms with E-state index < -0.39 is 0 Å². The summed E-state index contributed by atoms with van der Waals surface area (Å²) in [5, 5.41) is 4.50. The van der Waals surface area contributed by atoms with Crippen LogP contribution in [0, 0.1) is 12.8 Å². The van der Waals surface area contributed by atoms with Gasteiger partial charge in [0.1, 0.15) is 0 Å². The van der Waals surface area contributed by atoms with Gasteiger partial charge in [0.2, 0.25) is 0 Å². The smallest absolute Gasteiger partial charge is 0.0738 e. The first kappa shape index (κ1) is 14.7. The fourth-order valence-corrected chi connectivity index (χ4v) is 2.43. The normalized spacial score (nSPS) is 14.9. The summed E-state index contributed by atoms with van der Waals surface area (Å²) in [6.07, 6.45) is 2.02. The molecular weight excluding hydrogens is 280 g/mol. The summed E-state index contributed by atoms with van der Waals surface area (Å²) in [5.41, 5.74) is 5.20. The third kappa shape index (κ3) is 3.30. The van der Waals surface area contributed by atoms with E-state index in [1.165, 1.54) is 5.69 Å². The fraction of sp³-hybridized carbons (Fsp3) is 0.750. The van der Waals surface area contributed by atoms with E-state index >= 15 is 0 Å². The van der Waals surface area contributed by atoms with Crippen molar-refractivity contribution in [2.45, 2.75) is 53.1 Å². The van der Waals surface area contributed by atoms with E-state index in [2.05, 4.69) is 47.2 Å². The second kappa shape index (κ2) is 6.52. The molecule has 98 valence electrons. The molecule has 4 nitrogen and oxygen atoms in total. The number of nitrogens with two attached hydrogens (primary N) is 1. The van der Waals surface area contributed by atoms with Gasteiger partial charge in [-0.05, 0) is 35.7 Å². The Kier molecular flexibility index (Phi) is 5.62. The molecule has 3 N–H and O–H groups in total. The molecular formula is C12H23BrN4. The topological polar surface area (TPSA) is 55.9 Å². The average Bonchev–Trinajstić information content (AvgIpc) is 2.61. The maximum absolute atomic E-state index is 5.65. The minimum atomic E-state index is 0.290. The Hall–Kier alpha value is -0.390. The van der Waals surface area contributed by atoms with Crippen LogP contribution in [0.5, 0.6) is 0 Å². The highest BCUT2D eigenvalue weighted by Crippen LogP contribution is 2.24. The van der Waals surface area contributed by atoms with Gasteiger partial charge in [-0.2, -0.15) is 5.10 Å². The second-order valence-electron chi connectivity index (χ2n) is 4.52. The summed E-state index contributed by atoms with van der Waals surface area (Å²) in [6, 6.07) is 0.290. The summed E-state index contributed by atoms with van der Waals surface area (Å²) >= 11 is 3.62. The molecule has 0 aliphatic carbocycles. The Labute approximate surface area is 112 Å². The van der Waals surface area contributed by atoms with Crippen molar-refractivity contribution in [3.05, 3.63) is 15.9 Å². The number of nitrogens with zero attached hydrogens (tertiary/aromatic N) is 2. The van der Waals surface area contributed by atoms with E-state index in [9.17, 15) is 0 Å². The fourth-order valence-electron chi connectivity index (χ4n) is 1.98. The number of aryl methyl sites for hydroxylation is 2. The molecule has 0 bridgehead atoms. The Morgan fingerprint density at radius 2 is 2.12 bits per heavy atom. The monoisotopic (exact) mass is 302 g/mol. The number of hydrogen-bond acceptors (Lipinski definition) is 3. The lowest BCUT2D eigenvalue weighted by atomic mass is 9.95. The molecule has 0 fully saturated rings. The first-order valence-electron chi connectivity index (χ1n) is 6.22.